The Kier molecular flexibility index (Phi) is 18.8. The van der Waals surface area contributed by atoms with Gasteiger partial charge in [0, 0.05) is 5.92 Å². The number of rotatable bonds is 20. The van der Waals surface area contributed by atoms with Gasteiger partial charge in [-0.05, 0) is 42.0 Å². The molecular formula is C32H51NaO3S. The molecule has 0 saturated carbocycles. The van der Waals surface area contributed by atoms with Crippen LogP contribution in [-0.2, 0) is 14.3 Å². The summed E-state index contributed by atoms with van der Waals surface area (Å²) in [6, 6.07) is 17.5. The third-order valence-electron chi connectivity index (χ3n) is 7.33. The summed E-state index contributed by atoms with van der Waals surface area (Å²) in [6.07, 6.45) is 17.2. The predicted molar refractivity (Wildman–Crippen MR) is 160 cm³/mol. The van der Waals surface area contributed by atoms with Gasteiger partial charge in [-0.15, -0.1) is 0 Å². The van der Waals surface area contributed by atoms with Gasteiger partial charge < -0.3 is 0 Å². The average Bonchev–Trinajstić information content (AvgIpc) is 2.90. The van der Waals surface area contributed by atoms with Crippen molar-refractivity contribution >= 4 is 39.7 Å². The normalized spacial score (nSPS) is 13.2. The van der Waals surface area contributed by atoms with Gasteiger partial charge in [0.05, 0.1) is 11.5 Å². The van der Waals surface area contributed by atoms with Crippen molar-refractivity contribution in [1.29, 1.82) is 0 Å². The van der Waals surface area contributed by atoms with Crippen molar-refractivity contribution in [3.05, 3.63) is 65.7 Å². The van der Waals surface area contributed by atoms with E-state index < -0.39 is 10.1 Å². The summed E-state index contributed by atoms with van der Waals surface area (Å²) in [5, 5.41) is 0. The Balaban J connectivity index is 0.00000684. The molecule has 2 aromatic rings. The van der Waals surface area contributed by atoms with Crippen molar-refractivity contribution in [2.24, 2.45) is 0 Å². The maximum atomic E-state index is 13.0. The van der Waals surface area contributed by atoms with E-state index in [4.69, 9.17) is 4.18 Å². The molecule has 0 radical (unpaired) electrons. The average molecular weight is 539 g/mol. The topological polar surface area (TPSA) is 43.4 Å². The quantitative estimate of drug-likeness (QED) is 0.0959. The molecule has 204 valence electrons. The second kappa shape index (κ2) is 20.3. The Morgan fingerprint density at radius 3 is 1.73 bits per heavy atom. The number of hydrogen-bond donors (Lipinski definition) is 0. The Bertz CT molecular complexity index is 913. The Labute approximate surface area is 250 Å². The van der Waals surface area contributed by atoms with Gasteiger partial charge in [0.25, 0.3) is 10.1 Å². The number of benzene rings is 2. The first-order valence-electron chi connectivity index (χ1n) is 14.5. The van der Waals surface area contributed by atoms with Crippen LogP contribution in [0.2, 0.25) is 0 Å². The monoisotopic (exact) mass is 538 g/mol. The van der Waals surface area contributed by atoms with Crippen LogP contribution in [-0.4, -0.2) is 44.6 Å². The van der Waals surface area contributed by atoms with E-state index in [0.717, 1.165) is 24.8 Å². The van der Waals surface area contributed by atoms with Crippen LogP contribution in [0.25, 0.3) is 0 Å². The van der Waals surface area contributed by atoms with Crippen LogP contribution in [0, 0.1) is 0 Å². The molecule has 2 atom stereocenters. The summed E-state index contributed by atoms with van der Waals surface area (Å²) in [4.78, 5) is 0.254. The first-order chi connectivity index (χ1) is 17.5. The fraction of sp³-hybridized carbons (Fsp3) is 0.625. The zero-order valence-electron chi connectivity index (χ0n) is 23.1. The molecule has 0 aromatic heterocycles. The summed E-state index contributed by atoms with van der Waals surface area (Å²) in [6.45, 7) is 6.90. The molecule has 37 heavy (non-hydrogen) atoms. The van der Waals surface area contributed by atoms with E-state index >= 15 is 0 Å². The molecule has 5 heteroatoms. The van der Waals surface area contributed by atoms with E-state index in [-0.39, 0.29) is 47.0 Å². The molecule has 0 spiro atoms. The van der Waals surface area contributed by atoms with Crippen molar-refractivity contribution in [3.8, 4) is 0 Å². The summed E-state index contributed by atoms with van der Waals surface area (Å²) in [7, 11) is -3.78. The first-order valence-corrected chi connectivity index (χ1v) is 15.9. The maximum absolute atomic E-state index is 13.0. The van der Waals surface area contributed by atoms with E-state index in [1.807, 2.05) is 30.3 Å². The standard InChI is InChI=1S/C32H50O3S.Na.H/c1-4-6-8-10-12-15-19-28(3)29-23-25-32(26-24-29)36(33,34)35-27-31(30-20-17-14-18-21-30)22-16-13-11-9-7-5-2;;/h14,17-18,20-21,23-26,28,31H,4-13,15-16,19,22,27H2,1-3H3;;. The summed E-state index contributed by atoms with van der Waals surface area (Å²) >= 11 is 0. The molecule has 0 saturated heterocycles. The van der Waals surface area contributed by atoms with Crippen LogP contribution in [0.4, 0.5) is 0 Å². The molecule has 0 N–H and O–H groups in total. The van der Waals surface area contributed by atoms with Gasteiger partial charge in [-0.25, -0.2) is 0 Å². The minimum absolute atomic E-state index is 0. The van der Waals surface area contributed by atoms with Gasteiger partial charge in [-0.1, -0.05) is 140 Å². The molecule has 3 nitrogen and oxygen atoms in total. The minimum atomic E-state index is -3.78. The molecule has 0 bridgehead atoms. The van der Waals surface area contributed by atoms with Gasteiger partial charge in [-0.2, -0.15) is 8.42 Å². The van der Waals surface area contributed by atoms with Gasteiger partial charge in [-0.3, -0.25) is 4.18 Å². The van der Waals surface area contributed by atoms with Gasteiger partial charge in [0.1, 0.15) is 0 Å². The molecule has 0 aliphatic carbocycles. The SMILES string of the molecule is CCCCCCCCC(C)c1ccc(S(=O)(=O)OCC(CCCCCCCC)c2ccccc2)cc1.[NaH]. The van der Waals surface area contributed by atoms with E-state index in [1.165, 1.54) is 76.2 Å². The third-order valence-corrected chi connectivity index (χ3v) is 8.63. The van der Waals surface area contributed by atoms with Crippen LogP contribution in [0.1, 0.15) is 134 Å². The molecule has 0 amide bonds. The van der Waals surface area contributed by atoms with Gasteiger partial charge in [0.2, 0.25) is 0 Å². The van der Waals surface area contributed by atoms with Crippen LogP contribution in [0.3, 0.4) is 0 Å². The molecule has 2 aromatic carbocycles. The predicted octanol–water partition coefficient (Wildman–Crippen LogP) is 9.13. The van der Waals surface area contributed by atoms with Crippen molar-refractivity contribution in [3.63, 3.8) is 0 Å². The molecule has 0 heterocycles. The van der Waals surface area contributed by atoms with Crippen molar-refractivity contribution < 1.29 is 12.6 Å². The fourth-order valence-electron chi connectivity index (χ4n) is 4.84. The van der Waals surface area contributed by atoms with E-state index in [0.29, 0.717) is 5.92 Å². The number of unbranched alkanes of at least 4 members (excludes halogenated alkanes) is 10. The first kappa shape index (κ1) is 34.4. The van der Waals surface area contributed by atoms with Crippen molar-refractivity contribution in [2.75, 3.05) is 6.61 Å². The van der Waals surface area contributed by atoms with Gasteiger partial charge >= 0.3 is 29.6 Å². The zero-order valence-corrected chi connectivity index (χ0v) is 23.9. The molecule has 0 aliphatic heterocycles. The summed E-state index contributed by atoms with van der Waals surface area (Å²) in [5.74, 6) is 0.525. The molecule has 0 fully saturated rings. The number of hydrogen-bond acceptors (Lipinski definition) is 3. The molecular weight excluding hydrogens is 487 g/mol. The second-order valence-electron chi connectivity index (χ2n) is 10.4. The Morgan fingerprint density at radius 1 is 0.649 bits per heavy atom. The zero-order chi connectivity index (χ0) is 26.1. The third kappa shape index (κ3) is 13.8. The summed E-state index contributed by atoms with van der Waals surface area (Å²) in [5.41, 5.74) is 2.35. The van der Waals surface area contributed by atoms with Crippen molar-refractivity contribution in [2.45, 2.75) is 127 Å². The van der Waals surface area contributed by atoms with Crippen LogP contribution in [0.15, 0.2) is 59.5 Å². The molecule has 2 rings (SSSR count). The van der Waals surface area contributed by atoms with E-state index in [2.05, 4.69) is 32.9 Å². The second-order valence-corrected chi connectivity index (χ2v) is 12.0. The van der Waals surface area contributed by atoms with Crippen molar-refractivity contribution in [1.82, 2.24) is 0 Å². The molecule has 0 aliphatic rings. The van der Waals surface area contributed by atoms with Crippen LogP contribution >= 0.6 is 0 Å². The van der Waals surface area contributed by atoms with Crippen LogP contribution < -0.4 is 0 Å². The van der Waals surface area contributed by atoms with E-state index in [9.17, 15) is 8.42 Å². The Morgan fingerprint density at radius 2 is 1.16 bits per heavy atom. The molecule has 2 unspecified atom stereocenters. The van der Waals surface area contributed by atoms with E-state index in [1.54, 1.807) is 12.1 Å². The Hall–Kier alpha value is -0.650. The summed E-state index contributed by atoms with van der Waals surface area (Å²) < 4.78 is 31.6. The van der Waals surface area contributed by atoms with Crippen LogP contribution in [0.5, 0.6) is 0 Å². The van der Waals surface area contributed by atoms with Gasteiger partial charge in [0.15, 0.2) is 0 Å². The fourth-order valence-corrected chi connectivity index (χ4v) is 5.79.